The Morgan fingerprint density at radius 3 is 2.84 bits per heavy atom. The first-order chi connectivity index (χ1) is 12.1. The molecule has 6 heteroatoms. The molecule has 0 radical (unpaired) electrons. The molecule has 2 aromatic rings. The number of carbonyl (C=O) groups is 2. The molecule has 3 rings (SSSR count). The molecule has 0 saturated carbocycles. The van der Waals surface area contributed by atoms with E-state index in [1.165, 1.54) is 7.11 Å². The second kappa shape index (κ2) is 7.11. The number of amides is 1. The van der Waals surface area contributed by atoms with Crippen LogP contribution in [0.25, 0.3) is 11.1 Å². The van der Waals surface area contributed by atoms with Crippen LogP contribution in [0.15, 0.2) is 47.3 Å². The number of carboxylic acids is 1. The van der Waals surface area contributed by atoms with Gasteiger partial charge in [-0.25, -0.2) is 0 Å². The van der Waals surface area contributed by atoms with Gasteiger partial charge in [-0.05, 0) is 36.6 Å². The minimum atomic E-state index is -1.04. The maximum atomic E-state index is 12.9. The van der Waals surface area contributed by atoms with Crippen molar-refractivity contribution in [3.63, 3.8) is 0 Å². The van der Waals surface area contributed by atoms with Crippen molar-refractivity contribution in [3.8, 4) is 11.1 Å². The lowest BCUT2D eigenvalue weighted by Gasteiger charge is -2.39. The highest BCUT2D eigenvalue weighted by molar-refractivity contribution is 5.96. The van der Waals surface area contributed by atoms with Crippen LogP contribution in [0.5, 0.6) is 0 Å². The minimum Gasteiger partial charge on any atom is -0.481 e. The van der Waals surface area contributed by atoms with E-state index in [4.69, 9.17) is 9.15 Å². The molecule has 0 spiro atoms. The van der Waals surface area contributed by atoms with Crippen LogP contribution in [0.4, 0.5) is 0 Å². The number of likely N-dealkylation sites (tertiary alicyclic amines) is 1. The maximum Gasteiger partial charge on any atom is 0.313 e. The van der Waals surface area contributed by atoms with Crippen LogP contribution >= 0.6 is 0 Å². The molecule has 1 fully saturated rings. The van der Waals surface area contributed by atoms with Gasteiger partial charge in [0.2, 0.25) is 0 Å². The van der Waals surface area contributed by atoms with E-state index in [1.54, 1.807) is 29.6 Å². The molecule has 2 heterocycles. The third-order valence-corrected chi connectivity index (χ3v) is 4.70. The first kappa shape index (κ1) is 17.2. The van der Waals surface area contributed by atoms with Crippen LogP contribution in [0.1, 0.15) is 23.2 Å². The average Bonchev–Trinajstić information content (AvgIpc) is 3.16. The molecule has 1 unspecified atom stereocenters. The number of carbonyl (C=O) groups excluding carboxylic acids is 1. The third-order valence-electron chi connectivity index (χ3n) is 4.70. The number of benzene rings is 1. The van der Waals surface area contributed by atoms with E-state index in [9.17, 15) is 14.7 Å². The van der Waals surface area contributed by atoms with Crippen LogP contribution in [0.3, 0.4) is 0 Å². The first-order valence-corrected chi connectivity index (χ1v) is 8.20. The summed E-state index contributed by atoms with van der Waals surface area (Å²) in [6.45, 7) is 0.805. The zero-order valence-electron chi connectivity index (χ0n) is 14.1. The second-order valence-electron chi connectivity index (χ2n) is 6.44. The van der Waals surface area contributed by atoms with Gasteiger partial charge < -0.3 is 19.2 Å². The van der Waals surface area contributed by atoms with Crippen molar-refractivity contribution >= 4 is 11.9 Å². The number of rotatable bonds is 5. The highest BCUT2D eigenvalue weighted by atomic mass is 16.5. The Balaban J connectivity index is 1.83. The summed E-state index contributed by atoms with van der Waals surface area (Å²) in [4.78, 5) is 26.3. The summed E-state index contributed by atoms with van der Waals surface area (Å²) >= 11 is 0. The Kier molecular flexibility index (Phi) is 4.90. The van der Waals surface area contributed by atoms with Crippen LogP contribution in [-0.4, -0.2) is 48.7 Å². The molecule has 1 amide bonds. The van der Waals surface area contributed by atoms with E-state index in [2.05, 4.69) is 0 Å². The lowest BCUT2D eigenvalue weighted by molar-refractivity contribution is -0.155. The molecule has 1 aromatic heterocycles. The normalized spacial score (nSPS) is 20.4. The zero-order chi connectivity index (χ0) is 17.9. The number of methoxy groups -OCH3 is 1. The predicted molar refractivity (Wildman–Crippen MR) is 91.2 cm³/mol. The topological polar surface area (TPSA) is 80.0 Å². The summed E-state index contributed by atoms with van der Waals surface area (Å²) in [6.07, 6.45) is 4.36. The van der Waals surface area contributed by atoms with Gasteiger partial charge in [0.05, 0.1) is 19.1 Å². The van der Waals surface area contributed by atoms with Crippen molar-refractivity contribution in [3.05, 3.63) is 48.4 Å². The Bertz CT molecular complexity index is 751. The van der Waals surface area contributed by atoms with Gasteiger partial charge in [-0.15, -0.1) is 0 Å². The lowest BCUT2D eigenvalue weighted by Crippen LogP contribution is -2.52. The highest BCUT2D eigenvalue weighted by Gasteiger charge is 2.44. The van der Waals surface area contributed by atoms with Gasteiger partial charge in [0.25, 0.3) is 5.91 Å². The summed E-state index contributed by atoms with van der Waals surface area (Å²) in [5.74, 6) is -1.08. The molecule has 1 aliphatic heterocycles. The van der Waals surface area contributed by atoms with E-state index < -0.39 is 11.4 Å². The quantitative estimate of drug-likeness (QED) is 0.903. The monoisotopic (exact) mass is 343 g/mol. The first-order valence-electron chi connectivity index (χ1n) is 8.20. The summed E-state index contributed by atoms with van der Waals surface area (Å²) < 4.78 is 10.2. The minimum absolute atomic E-state index is 0.0984. The summed E-state index contributed by atoms with van der Waals surface area (Å²) in [7, 11) is 1.49. The molecule has 6 nitrogen and oxygen atoms in total. The van der Waals surface area contributed by atoms with Crippen LogP contribution in [0, 0.1) is 5.41 Å². The van der Waals surface area contributed by atoms with Gasteiger partial charge in [-0.2, -0.15) is 0 Å². The number of hydrogen-bond donors (Lipinski definition) is 1. The van der Waals surface area contributed by atoms with Gasteiger partial charge in [0, 0.05) is 31.3 Å². The fourth-order valence-corrected chi connectivity index (χ4v) is 3.38. The summed E-state index contributed by atoms with van der Waals surface area (Å²) in [6, 6.07) is 9.11. The molecule has 1 N–H and O–H groups in total. The SMILES string of the molecule is COCC1(C(=O)O)CCCN(C(=O)c2cccc(-c3ccoc3)c2)C1. The van der Waals surface area contributed by atoms with Crippen molar-refractivity contribution in [1.29, 1.82) is 0 Å². The van der Waals surface area contributed by atoms with Crippen molar-refractivity contribution in [2.45, 2.75) is 12.8 Å². The van der Waals surface area contributed by atoms with E-state index in [0.29, 0.717) is 24.9 Å². The second-order valence-corrected chi connectivity index (χ2v) is 6.44. The van der Waals surface area contributed by atoms with E-state index in [0.717, 1.165) is 11.1 Å². The summed E-state index contributed by atoms with van der Waals surface area (Å²) in [5, 5.41) is 9.63. The van der Waals surface area contributed by atoms with Crippen molar-refractivity contribution in [1.82, 2.24) is 4.90 Å². The van der Waals surface area contributed by atoms with Crippen LogP contribution in [-0.2, 0) is 9.53 Å². The number of ether oxygens (including phenoxy) is 1. The zero-order valence-corrected chi connectivity index (χ0v) is 14.1. The fraction of sp³-hybridized carbons (Fsp3) is 0.368. The Morgan fingerprint density at radius 1 is 1.32 bits per heavy atom. The highest BCUT2D eigenvalue weighted by Crippen LogP contribution is 2.32. The smallest absolute Gasteiger partial charge is 0.313 e. The van der Waals surface area contributed by atoms with E-state index >= 15 is 0 Å². The summed E-state index contributed by atoms with van der Waals surface area (Å²) in [5.41, 5.74) is 1.29. The van der Waals surface area contributed by atoms with Gasteiger partial charge in [-0.1, -0.05) is 12.1 Å². The maximum absolute atomic E-state index is 12.9. The number of carboxylic acid groups (broad SMARTS) is 1. The number of hydrogen-bond acceptors (Lipinski definition) is 4. The van der Waals surface area contributed by atoms with Gasteiger partial charge in [0.15, 0.2) is 0 Å². The van der Waals surface area contributed by atoms with E-state index in [-0.39, 0.29) is 19.1 Å². The predicted octanol–water partition coefficient (Wildman–Crippen LogP) is 2.90. The molecular formula is C19H21NO5. The van der Waals surface area contributed by atoms with Crippen LogP contribution < -0.4 is 0 Å². The molecule has 1 atom stereocenters. The number of aliphatic carboxylic acids is 1. The number of piperidine rings is 1. The standard InChI is InChI=1S/C19H21NO5/c1-24-13-19(18(22)23)7-3-8-20(12-19)17(21)15-5-2-4-14(10-15)16-6-9-25-11-16/h2,4-6,9-11H,3,7-8,12-13H2,1H3,(H,22,23). The van der Waals surface area contributed by atoms with Gasteiger partial charge in [-0.3, -0.25) is 9.59 Å². The van der Waals surface area contributed by atoms with Gasteiger partial charge >= 0.3 is 5.97 Å². The number of furan rings is 1. The Hall–Kier alpha value is -2.60. The Morgan fingerprint density at radius 2 is 2.16 bits per heavy atom. The molecular weight excluding hydrogens is 322 g/mol. The molecule has 1 aromatic carbocycles. The van der Waals surface area contributed by atoms with Gasteiger partial charge in [0.1, 0.15) is 5.41 Å². The lowest BCUT2D eigenvalue weighted by atomic mass is 9.80. The van der Waals surface area contributed by atoms with E-state index in [1.807, 2.05) is 18.2 Å². The molecule has 1 aliphatic rings. The van der Waals surface area contributed by atoms with Crippen molar-refractivity contribution in [2.75, 3.05) is 26.8 Å². The van der Waals surface area contributed by atoms with Crippen molar-refractivity contribution in [2.24, 2.45) is 5.41 Å². The number of nitrogens with zero attached hydrogens (tertiary/aromatic N) is 1. The molecule has 0 bridgehead atoms. The van der Waals surface area contributed by atoms with Crippen molar-refractivity contribution < 1.29 is 23.8 Å². The van der Waals surface area contributed by atoms with Crippen LogP contribution in [0.2, 0.25) is 0 Å². The molecule has 0 aliphatic carbocycles. The fourth-order valence-electron chi connectivity index (χ4n) is 3.38. The third kappa shape index (κ3) is 3.44. The average molecular weight is 343 g/mol. The molecule has 132 valence electrons. The molecule has 1 saturated heterocycles. The molecule has 25 heavy (non-hydrogen) atoms. The Labute approximate surface area is 146 Å². The largest absolute Gasteiger partial charge is 0.481 e.